The van der Waals surface area contributed by atoms with Gasteiger partial charge in [-0.2, -0.15) is 0 Å². The molecule has 2 unspecified atom stereocenters. The molecule has 0 aromatic carbocycles. The number of unbranched alkanes of at least 4 members (excludes halogenated alkanes) is 14. The molecular weight excluding hydrogens is 359 g/mol. The Morgan fingerprint density at radius 2 is 1.22 bits per heavy atom. The van der Waals surface area contributed by atoms with Gasteiger partial charge in [0.2, 0.25) is 5.66 Å². The van der Waals surface area contributed by atoms with Gasteiger partial charge in [0.15, 0.2) is 0 Å². The number of rotatable bonds is 20. The van der Waals surface area contributed by atoms with Crippen molar-refractivity contribution < 1.29 is 19.4 Å². The van der Waals surface area contributed by atoms with E-state index in [0.29, 0.717) is 6.42 Å². The number of hydrogen-bond donors (Lipinski definition) is 1. The molecule has 0 fully saturated rings. The zero-order chi connectivity index (χ0) is 20.2. The third-order valence-corrected chi connectivity index (χ3v) is 6.02. The first-order chi connectivity index (χ1) is 13.1. The van der Waals surface area contributed by atoms with Crippen LogP contribution in [0.5, 0.6) is 0 Å². The summed E-state index contributed by atoms with van der Waals surface area (Å²) < 4.78 is 10.8. The van der Waals surface area contributed by atoms with Gasteiger partial charge < -0.3 is 10.00 Å². The minimum atomic E-state index is -2.85. The highest BCUT2D eigenvalue weighted by Gasteiger charge is 2.29. The predicted molar refractivity (Wildman–Crippen MR) is 112 cm³/mol. The molecule has 0 radical (unpaired) electrons. The monoisotopic (exact) mass is 400 g/mol. The Bertz CT molecular complexity index is 382. The van der Waals surface area contributed by atoms with Crippen LogP contribution in [0.15, 0.2) is 12.2 Å². The first kappa shape index (κ1) is 26.3. The van der Waals surface area contributed by atoms with E-state index in [4.69, 9.17) is 5.11 Å². The lowest BCUT2D eigenvalue weighted by Crippen LogP contribution is -2.19. The molecule has 27 heavy (non-hydrogen) atoms. The van der Waals surface area contributed by atoms with Gasteiger partial charge in [-0.05, 0) is 32.1 Å². The lowest BCUT2D eigenvalue weighted by molar-refractivity contribution is -0.169. The zero-order valence-electron chi connectivity index (χ0n) is 17.4. The van der Waals surface area contributed by atoms with Gasteiger partial charge in [-0.25, -0.2) is 4.79 Å². The standard InChI is InChI=1S/C22H41O4P/c1-2-3-4-5-6-7-8-9-10-11-12-13-14-15-16-17-18-19-20-21(22(23)24)27(25)26/h9-10,21H,2-8,11-20H2,1H3,(H,23,24)/b10-9-. The first-order valence-electron chi connectivity index (χ1n) is 11.1. The van der Waals surface area contributed by atoms with Crippen LogP contribution in [0.3, 0.4) is 0 Å². The molecular formula is C22H41O4P. The van der Waals surface area contributed by atoms with Crippen molar-refractivity contribution in [3.63, 3.8) is 0 Å². The highest BCUT2D eigenvalue weighted by Crippen LogP contribution is 2.24. The first-order valence-corrected chi connectivity index (χ1v) is 12.4. The van der Waals surface area contributed by atoms with Gasteiger partial charge in [-0.15, -0.1) is 0 Å². The van der Waals surface area contributed by atoms with Gasteiger partial charge in [-0.1, -0.05) is 94.3 Å². The van der Waals surface area contributed by atoms with Crippen LogP contribution in [-0.4, -0.2) is 16.7 Å². The summed E-state index contributed by atoms with van der Waals surface area (Å²) in [6, 6.07) is 0. The van der Waals surface area contributed by atoms with Gasteiger partial charge in [0.25, 0.3) is 0 Å². The van der Waals surface area contributed by atoms with Crippen molar-refractivity contribution in [3.8, 4) is 0 Å². The lowest BCUT2D eigenvalue weighted by Gasteiger charge is -2.04. The van der Waals surface area contributed by atoms with E-state index in [1.807, 2.05) is 0 Å². The summed E-state index contributed by atoms with van der Waals surface area (Å²) in [5.41, 5.74) is -1.20. The maximum absolute atomic E-state index is 10.8. The second-order valence-electron chi connectivity index (χ2n) is 7.57. The van der Waals surface area contributed by atoms with Crippen LogP contribution in [0.2, 0.25) is 0 Å². The van der Waals surface area contributed by atoms with Crippen LogP contribution in [-0.2, 0) is 9.36 Å². The number of hydrogen-bond acceptors (Lipinski definition) is 3. The van der Waals surface area contributed by atoms with Crippen LogP contribution in [0.1, 0.15) is 116 Å². The molecule has 1 N–H and O–H groups in total. The summed E-state index contributed by atoms with van der Waals surface area (Å²) in [6.07, 6.45) is 24.4. The Hall–Kier alpha value is -0.730. The summed E-state index contributed by atoms with van der Waals surface area (Å²) in [6.45, 7) is 2.26. The van der Waals surface area contributed by atoms with E-state index in [-0.39, 0.29) is 6.42 Å². The van der Waals surface area contributed by atoms with Crippen molar-refractivity contribution in [2.24, 2.45) is 0 Å². The van der Waals surface area contributed by atoms with E-state index in [2.05, 4.69) is 19.1 Å². The maximum Gasteiger partial charge on any atom is 0.355 e. The molecule has 0 saturated heterocycles. The van der Waals surface area contributed by atoms with Crippen LogP contribution in [0, 0.1) is 0 Å². The normalized spacial score (nSPS) is 13.2. The Kier molecular flexibility index (Phi) is 19.5. The molecule has 158 valence electrons. The van der Waals surface area contributed by atoms with E-state index < -0.39 is 19.7 Å². The van der Waals surface area contributed by atoms with Crippen molar-refractivity contribution in [2.45, 2.75) is 122 Å². The van der Waals surface area contributed by atoms with Crippen LogP contribution in [0.4, 0.5) is 0 Å². The third kappa shape index (κ3) is 18.4. The fourth-order valence-corrected chi connectivity index (χ4v) is 3.83. The van der Waals surface area contributed by atoms with Crippen molar-refractivity contribution in [3.05, 3.63) is 12.2 Å². The van der Waals surface area contributed by atoms with Crippen molar-refractivity contribution in [1.82, 2.24) is 0 Å². The number of allylic oxidation sites excluding steroid dienone is 2. The predicted octanol–water partition coefficient (Wildman–Crippen LogP) is 6.75. The fourth-order valence-electron chi connectivity index (χ4n) is 3.26. The van der Waals surface area contributed by atoms with Gasteiger partial charge in [-0.3, -0.25) is 0 Å². The molecule has 0 rings (SSSR count). The van der Waals surface area contributed by atoms with Crippen molar-refractivity contribution in [2.75, 3.05) is 0 Å². The Labute approximate surface area is 167 Å². The number of carboxylic acids is 1. The molecule has 0 amide bonds. The highest BCUT2D eigenvalue weighted by molar-refractivity contribution is 7.38. The Morgan fingerprint density at radius 3 is 1.63 bits per heavy atom. The summed E-state index contributed by atoms with van der Waals surface area (Å²) >= 11 is 0. The average molecular weight is 401 g/mol. The minimum absolute atomic E-state index is 0.249. The fraction of sp³-hybridized carbons (Fsp3) is 0.864. The topological polar surface area (TPSA) is 77.4 Å². The molecule has 0 spiro atoms. The number of aliphatic carboxylic acids is 1. The molecule has 0 aromatic rings. The largest absolute Gasteiger partial charge is 0.595 e. The molecule has 0 aliphatic heterocycles. The van der Waals surface area contributed by atoms with E-state index in [1.54, 1.807) is 0 Å². The lowest BCUT2D eigenvalue weighted by atomic mass is 10.1. The number of carboxylic acid groups (broad SMARTS) is 1. The van der Waals surface area contributed by atoms with E-state index in [9.17, 15) is 14.3 Å². The maximum atomic E-state index is 10.8. The molecule has 0 aliphatic carbocycles. The molecule has 0 heterocycles. The smallest absolute Gasteiger partial charge is 0.355 e. The molecule has 0 aromatic heterocycles. The SMILES string of the molecule is CCCCCCCC/C=C\CCCCCCCCCCC(C(=O)O)[P+](=O)[O-]. The molecule has 0 aliphatic rings. The molecule has 2 atom stereocenters. The molecule has 0 saturated carbocycles. The number of carbonyl (C=O) groups is 1. The van der Waals surface area contributed by atoms with E-state index in [1.165, 1.54) is 77.0 Å². The van der Waals surface area contributed by atoms with Crippen LogP contribution >= 0.6 is 8.03 Å². The molecule has 5 heteroatoms. The second kappa shape index (κ2) is 20.0. The van der Waals surface area contributed by atoms with Crippen molar-refractivity contribution >= 4 is 14.0 Å². The molecule has 4 nitrogen and oxygen atoms in total. The summed E-state index contributed by atoms with van der Waals surface area (Å²) in [5.74, 6) is -1.22. The Morgan fingerprint density at radius 1 is 0.815 bits per heavy atom. The summed E-state index contributed by atoms with van der Waals surface area (Å²) in [5, 5.41) is 8.80. The van der Waals surface area contributed by atoms with Gasteiger partial charge in [0.1, 0.15) is 0 Å². The zero-order valence-corrected chi connectivity index (χ0v) is 18.3. The molecule has 0 bridgehead atoms. The van der Waals surface area contributed by atoms with Gasteiger partial charge in [0, 0.05) is 6.42 Å². The average Bonchev–Trinajstić information content (AvgIpc) is 2.63. The highest BCUT2D eigenvalue weighted by atomic mass is 31.1. The summed E-state index contributed by atoms with van der Waals surface area (Å²) in [7, 11) is -2.85. The van der Waals surface area contributed by atoms with E-state index >= 15 is 0 Å². The Balaban J connectivity index is 3.28. The van der Waals surface area contributed by atoms with Gasteiger partial charge in [0.05, 0.1) is 0 Å². The van der Waals surface area contributed by atoms with Crippen LogP contribution < -0.4 is 4.89 Å². The second-order valence-corrected chi connectivity index (χ2v) is 8.77. The third-order valence-electron chi connectivity index (χ3n) is 5.03. The van der Waals surface area contributed by atoms with Crippen molar-refractivity contribution in [1.29, 1.82) is 0 Å². The van der Waals surface area contributed by atoms with E-state index in [0.717, 1.165) is 19.3 Å². The quantitative estimate of drug-likeness (QED) is 0.139. The minimum Gasteiger partial charge on any atom is -0.595 e. The van der Waals surface area contributed by atoms with Crippen LogP contribution in [0.25, 0.3) is 0 Å². The summed E-state index contributed by atoms with van der Waals surface area (Å²) in [4.78, 5) is 21.6. The van der Waals surface area contributed by atoms with Gasteiger partial charge >= 0.3 is 14.0 Å².